The first kappa shape index (κ1) is 67.2. The average molecular weight is 978 g/mol. The molecular formula is C69H134N+. The van der Waals surface area contributed by atoms with Crippen LogP contribution in [0.3, 0.4) is 0 Å². The summed E-state index contributed by atoms with van der Waals surface area (Å²) in [5.74, 6) is 0. The van der Waals surface area contributed by atoms with Crippen LogP contribution in [0.25, 0.3) is 0 Å². The van der Waals surface area contributed by atoms with Crippen LogP contribution in [0.15, 0.2) is 0 Å². The molecule has 1 heteroatoms. The highest BCUT2D eigenvalue weighted by Gasteiger charge is 2.29. The molecule has 0 aliphatic heterocycles. The van der Waals surface area contributed by atoms with Crippen LogP contribution in [-0.2, 0) is 38.6 Å². The van der Waals surface area contributed by atoms with Gasteiger partial charge in [-0.15, -0.1) is 0 Å². The zero-order chi connectivity index (χ0) is 50.5. The van der Waals surface area contributed by atoms with E-state index in [-0.39, 0.29) is 0 Å². The number of unbranched alkanes of at least 4 members (excludes halogenated alkanes) is 46. The second-order valence-electron chi connectivity index (χ2n) is 23.5. The normalized spacial score (nSPS) is 11.7. The lowest BCUT2D eigenvalue weighted by molar-refractivity contribution is -0.712. The van der Waals surface area contributed by atoms with Crippen molar-refractivity contribution in [2.24, 2.45) is 0 Å². The summed E-state index contributed by atoms with van der Waals surface area (Å²) >= 11 is 0. The van der Waals surface area contributed by atoms with E-state index in [1.165, 1.54) is 373 Å². The highest BCUT2D eigenvalue weighted by atomic mass is 15.0. The maximum absolute atomic E-state index is 3.13. The molecule has 0 saturated heterocycles. The molecule has 414 valence electrons. The number of hydrogen-bond donors (Lipinski definition) is 0. The Hall–Kier alpha value is -0.850. The SMILES string of the molecule is CCCCCCCCCCCCCCc1c(CCCCCCCCCC)c(CCCCCCCCCC)c(CCCCCCCCCC)c(CCCCCCCCCC)[n+]1CCCCCCCCCC. The van der Waals surface area contributed by atoms with Gasteiger partial charge in [0.2, 0.25) is 0 Å². The summed E-state index contributed by atoms with van der Waals surface area (Å²) in [7, 11) is 0. The third kappa shape index (κ3) is 38.7. The van der Waals surface area contributed by atoms with Gasteiger partial charge in [-0.05, 0) is 63.4 Å². The maximum atomic E-state index is 3.13. The Bertz CT molecular complexity index is 1120. The van der Waals surface area contributed by atoms with Crippen LogP contribution in [0, 0.1) is 0 Å². The third-order valence-electron chi connectivity index (χ3n) is 16.7. The predicted molar refractivity (Wildman–Crippen MR) is 319 cm³/mol. The topological polar surface area (TPSA) is 3.88 Å². The molecule has 0 aliphatic rings. The zero-order valence-electron chi connectivity index (χ0n) is 50.0. The Labute approximate surface area is 444 Å². The first-order valence-electron chi connectivity index (χ1n) is 33.8. The second kappa shape index (κ2) is 54.4. The molecule has 70 heavy (non-hydrogen) atoms. The van der Waals surface area contributed by atoms with Crippen LogP contribution in [0.2, 0.25) is 0 Å². The van der Waals surface area contributed by atoms with Gasteiger partial charge in [0.1, 0.15) is 6.54 Å². The van der Waals surface area contributed by atoms with E-state index >= 15 is 0 Å². The van der Waals surface area contributed by atoms with E-state index < -0.39 is 0 Å². The smallest absolute Gasteiger partial charge is 0.185 e. The van der Waals surface area contributed by atoms with E-state index in [2.05, 4.69) is 46.1 Å². The first-order valence-corrected chi connectivity index (χ1v) is 33.8. The standard InChI is InChI=1S/C69H134N/c1-7-13-19-25-31-37-38-39-40-45-51-57-63-69-67(61-55-49-43-34-28-22-16-10-4)65(59-53-47-41-32-26-20-14-8-2)66(60-54-48-42-33-27-21-15-9-3)68(62-56-50-44-35-29-23-17-11-5)70(69)64-58-52-46-36-30-24-18-12-6/h7-64H2,1-6H3/q+1. The molecule has 0 amide bonds. The molecule has 0 spiro atoms. The minimum atomic E-state index is 1.29. The predicted octanol–water partition coefficient (Wildman–Crippen LogP) is 24.1. The van der Waals surface area contributed by atoms with Crippen LogP contribution in [0.4, 0.5) is 0 Å². The number of rotatable bonds is 58. The second-order valence-corrected chi connectivity index (χ2v) is 23.5. The number of pyridine rings is 1. The van der Waals surface area contributed by atoms with E-state index in [1.54, 1.807) is 0 Å². The van der Waals surface area contributed by atoms with E-state index in [0.29, 0.717) is 0 Å². The van der Waals surface area contributed by atoms with Crippen molar-refractivity contribution >= 4 is 0 Å². The van der Waals surface area contributed by atoms with Crippen LogP contribution in [-0.4, -0.2) is 0 Å². The largest absolute Gasteiger partial charge is 0.199 e. The van der Waals surface area contributed by atoms with Crippen LogP contribution in [0.1, 0.15) is 404 Å². The summed E-state index contributed by atoms with van der Waals surface area (Å²) < 4.78 is 3.13. The van der Waals surface area contributed by atoms with Gasteiger partial charge >= 0.3 is 0 Å². The lowest BCUT2D eigenvalue weighted by Crippen LogP contribution is -2.46. The minimum Gasteiger partial charge on any atom is -0.199 e. The molecule has 0 unspecified atom stereocenters. The fourth-order valence-electron chi connectivity index (χ4n) is 12.0. The van der Waals surface area contributed by atoms with Crippen LogP contribution < -0.4 is 4.57 Å². The summed E-state index contributed by atoms with van der Waals surface area (Å²) in [4.78, 5) is 0. The number of aromatic nitrogens is 1. The third-order valence-corrected chi connectivity index (χ3v) is 16.7. The van der Waals surface area contributed by atoms with Crippen molar-refractivity contribution in [1.29, 1.82) is 0 Å². The zero-order valence-corrected chi connectivity index (χ0v) is 50.0. The van der Waals surface area contributed by atoms with Crippen LogP contribution >= 0.6 is 0 Å². The summed E-state index contributed by atoms with van der Waals surface area (Å²) in [5.41, 5.74) is 9.46. The number of hydrogen-bond acceptors (Lipinski definition) is 0. The van der Waals surface area contributed by atoms with Crippen molar-refractivity contribution in [3.05, 3.63) is 28.1 Å². The first-order chi connectivity index (χ1) is 34.7. The highest BCUT2D eigenvalue weighted by molar-refractivity contribution is 5.39. The Balaban J connectivity index is 3.67. The van der Waals surface area contributed by atoms with Gasteiger partial charge in [-0.2, -0.15) is 4.57 Å². The van der Waals surface area contributed by atoms with Crippen molar-refractivity contribution in [2.45, 2.75) is 414 Å². The Morgan fingerprint density at radius 2 is 0.343 bits per heavy atom. The molecule has 1 aromatic rings. The van der Waals surface area contributed by atoms with Gasteiger partial charge in [-0.25, -0.2) is 0 Å². The Morgan fingerprint density at radius 1 is 0.171 bits per heavy atom. The molecule has 0 radical (unpaired) electrons. The van der Waals surface area contributed by atoms with Gasteiger partial charge < -0.3 is 0 Å². The van der Waals surface area contributed by atoms with Crippen LogP contribution in [0.5, 0.6) is 0 Å². The summed E-state index contributed by atoms with van der Waals surface area (Å²) in [5, 5.41) is 0. The van der Waals surface area contributed by atoms with Gasteiger partial charge in [-0.3, -0.25) is 0 Å². The van der Waals surface area contributed by atoms with Gasteiger partial charge in [0.25, 0.3) is 0 Å². The fourth-order valence-corrected chi connectivity index (χ4v) is 12.0. The minimum absolute atomic E-state index is 1.29. The molecule has 0 aromatic carbocycles. The molecule has 0 atom stereocenters. The highest BCUT2D eigenvalue weighted by Crippen LogP contribution is 2.30. The molecule has 1 aromatic heterocycles. The van der Waals surface area contributed by atoms with Gasteiger partial charge in [-0.1, -0.05) is 330 Å². The molecule has 1 heterocycles. The summed E-state index contributed by atoms with van der Waals surface area (Å²) in [6, 6.07) is 0. The Morgan fingerprint density at radius 3 is 0.571 bits per heavy atom. The summed E-state index contributed by atoms with van der Waals surface area (Å²) in [6.45, 7) is 15.5. The lowest BCUT2D eigenvalue weighted by atomic mass is 9.85. The van der Waals surface area contributed by atoms with Crippen molar-refractivity contribution in [3.8, 4) is 0 Å². The fraction of sp³-hybridized carbons (Fsp3) is 0.928. The van der Waals surface area contributed by atoms with Crippen molar-refractivity contribution in [1.82, 2.24) is 0 Å². The van der Waals surface area contributed by atoms with E-state index in [1.807, 2.05) is 28.1 Å². The van der Waals surface area contributed by atoms with E-state index in [0.717, 1.165) is 0 Å². The van der Waals surface area contributed by atoms with Gasteiger partial charge in [0.15, 0.2) is 11.4 Å². The quantitative estimate of drug-likeness (QED) is 0.0452. The monoisotopic (exact) mass is 977 g/mol. The van der Waals surface area contributed by atoms with Crippen molar-refractivity contribution in [3.63, 3.8) is 0 Å². The molecule has 0 fully saturated rings. The van der Waals surface area contributed by atoms with Crippen molar-refractivity contribution in [2.75, 3.05) is 0 Å². The molecular weight excluding hydrogens is 843 g/mol. The molecule has 0 N–H and O–H groups in total. The number of nitrogens with zero attached hydrogens (tertiary/aromatic N) is 1. The maximum Gasteiger partial charge on any atom is 0.185 e. The Kier molecular flexibility index (Phi) is 52.2. The average Bonchev–Trinajstić information content (AvgIpc) is 3.37. The van der Waals surface area contributed by atoms with E-state index in [4.69, 9.17) is 0 Å². The molecule has 0 saturated carbocycles. The molecule has 1 rings (SSSR count). The lowest BCUT2D eigenvalue weighted by Gasteiger charge is -2.23. The molecule has 0 bridgehead atoms. The van der Waals surface area contributed by atoms with E-state index in [9.17, 15) is 0 Å². The molecule has 1 nitrogen and oxygen atoms in total. The summed E-state index contributed by atoms with van der Waals surface area (Å²) in [6.07, 6.45) is 81.3. The van der Waals surface area contributed by atoms with Gasteiger partial charge in [0, 0.05) is 30.4 Å². The molecule has 0 aliphatic carbocycles. The van der Waals surface area contributed by atoms with Crippen molar-refractivity contribution < 1.29 is 4.57 Å². The van der Waals surface area contributed by atoms with Gasteiger partial charge in [0.05, 0.1) is 0 Å².